The Balaban J connectivity index is 1.86. The molecule has 0 bridgehead atoms. The van der Waals surface area contributed by atoms with E-state index in [4.69, 9.17) is 0 Å². The molecule has 0 aliphatic carbocycles. The van der Waals surface area contributed by atoms with Crippen molar-refractivity contribution >= 4 is 5.91 Å². The summed E-state index contributed by atoms with van der Waals surface area (Å²) in [5.41, 5.74) is 1.87. The van der Waals surface area contributed by atoms with E-state index in [1.807, 2.05) is 24.3 Å². The van der Waals surface area contributed by atoms with Crippen molar-refractivity contribution in [3.8, 4) is 0 Å². The normalized spacial score (nSPS) is 12.7. The second-order valence-corrected chi connectivity index (χ2v) is 7.08. The molecule has 0 saturated heterocycles. The Labute approximate surface area is 154 Å². The lowest BCUT2D eigenvalue weighted by molar-refractivity contribution is 0.0963. The average Bonchev–Trinajstić information content (AvgIpc) is 2.65. The number of carbonyl (C=O) groups excluding carboxylic acids is 1. The largest absolute Gasteiger partial charge is 0.387 e. The van der Waals surface area contributed by atoms with Crippen LogP contribution in [-0.2, 0) is 6.42 Å². The Bertz CT molecular complexity index is 729. The van der Waals surface area contributed by atoms with Crippen molar-refractivity contribution in [1.82, 2.24) is 10.6 Å². The highest BCUT2D eigenvalue weighted by molar-refractivity contribution is 5.93. The summed E-state index contributed by atoms with van der Waals surface area (Å²) in [6, 6.07) is 13.8. The summed E-state index contributed by atoms with van der Waals surface area (Å²) in [7, 11) is 1.61. The molecule has 4 nitrogen and oxygen atoms in total. The standard InChI is InChI=1S/C21H27FN2O2/c1-21(2,24-14-19(25)17-6-4-5-7-18(17)22)13-12-15-8-10-16(11-9-15)20(26)23-3/h4-11,19,24-25H,12-14H2,1-3H3,(H,23,26). The molecule has 0 radical (unpaired) electrons. The Morgan fingerprint density at radius 1 is 1.15 bits per heavy atom. The van der Waals surface area contributed by atoms with Crippen LogP contribution in [0.1, 0.15) is 47.9 Å². The van der Waals surface area contributed by atoms with Gasteiger partial charge in [-0.2, -0.15) is 0 Å². The zero-order valence-corrected chi connectivity index (χ0v) is 15.6. The van der Waals surface area contributed by atoms with Crippen molar-refractivity contribution in [3.63, 3.8) is 0 Å². The molecule has 2 rings (SSSR count). The van der Waals surface area contributed by atoms with Crippen LogP contribution in [0.25, 0.3) is 0 Å². The van der Waals surface area contributed by atoms with Gasteiger partial charge in [-0.05, 0) is 50.5 Å². The third-order valence-corrected chi connectivity index (χ3v) is 4.52. The first-order chi connectivity index (χ1) is 12.3. The third-order valence-electron chi connectivity index (χ3n) is 4.52. The number of aryl methyl sites for hydroxylation is 1. The van der Waals surface area contributed by atoms with Crippen LogP contribution in [0.2, 0.25) is 0 Å². The maximum Gasteiger partial charge on any atom is 0.251 e. The number of nitrogens with one attached hydrogen (secondary N) is 2. The molecule has 0 spiro atoms. The fourth-order valence-electron chi connectivity index (χ4n) is 2.74. The predicted molar refractivity (Wildman–Crippen MR) is 102 cm³/mol. The number of halogens is 1. The number of benzene rings is 2. The van der Waals surface area contributed by atoms with Crippen molar-refractivity contribution in [2.24, 2.45) is 0 Å². The lowest BCUT2D eigenvalue weighted by Crippen LogP contribution is -2.42. The zero-order valence-electron chi connectivity index (χ0n) is 15.6. The third kappa shape index (κ3) is 5.64. The van der Waals surface area contributed by atoms with E-state index in [0.29, 0.717) is 11.1 Å². The van der Waals surface area contributed by atoms with E-state index in [2.05, 4.69) is 24.5 Å². The van der Waals surface area contributed by atoms with Crippen LogP contribution < -0.4 is 10.6 Å². The van der Waals surface area contributed by atoms with Gasteiger partial charge in [0.1, 0.15) is 5.82 Å². The number of β-amino-alcohol motifs (C(OH)–C–C–N with tert-alkyl or cyclic N) is 1. The minimum absolute atomic E-state index is 0.0966. The summed E-state index contributed by atoms with van der Waals surface area (Å²) in [6.45, 7) is 4.39. The lowest BCUT2D eigenvalue weighted by Gasteiger charge is -2.28. The predicted octanol–water partition coefficient (Wildman–Crippen LogP) is 3.22. The van der Waals surface area contributed by atoms with Gasteiger partial charge in [0.15, 0.2) is 0 Å². The number of rotatable bonds is 8. The van der Waals surface area contributed by atoms with E-state index in [9.17, 15) is 14.3 Å². The second kappa shape index (κ2) is 8.92. The van der Waals surface area contributed by atoms with Crippen LogP contribution in [0.15, 0.2) is 48.5 Å². The Morgan fingerprint density at radius 2 is 1.81 bits per heavy atom. The topological polar surface area (TPSA) is 61.4 Å². The molecule has 5 heteroatoms. The van der Waals surface area contributed by atoms with Gasteiger partial charge in [-0.3, -0.25) is 4.79 Å². The SMILES string of the molecule is CNC(=O)c1ccc(CCC(C)(C)NCC(O)c2ccccc2F)cc1. The summed E-state index contributed by atoms with van der Waals surface area (Å²) in [5, 5.41) is 16.1. The van der Waals surface area contributed by atoms with Crippen LogP contribution in [0, 0.1) is 5.82 Å². The maximum absolute atomic E-state index is 13.7. The van der Waals surface area contributed by atoms with Gasteiger partial charge in [-0.1, -0.05) is 30.3 Å². The molecule has 0 saturated carbocycles. The Kier molecular flexibility index (Phi) is 6.89. The van der Waals surface area contributed by atoms with Gasteiger partial charge in [0.05, 0.1) is 6.10 Å². The van der Waals surface area contributed by atoms with E-state index < -0.39 is 11.9 Å². The zero-order chi connectivity index (χ0) is 19.2. The van der Waals surface area contributed by atoms with E-state index in [1.165, 1.54) is 6.07 Å². The molecule has 1 atom stereocenters. The van der Waals surface area contributed by atoms with Gasteiger partial charge in [-0.15, -0.1) is 0 Å². The van der Waals surface area contributed by atoms with Crippen LogP contribution >= 0.6 is 0 Å². The van der Waals surface area contributed by atoms with E-state index in [1.54, 1.807) is 25.2 Å². The molecule has 1 amide bonds. The van der Waals surface area contributed by atoms with Gasteiger partial charge < -0.3 is 15.7 Å². The van der Waals surface area contributed by atoms with Crippen LogP contribution in [-0.4, -0.2) is 30.1 Å². The highest BCUT2D eigenvalue weighted by atomic mass is 19.1. The van der Waals surface area contributed by atoms with Crippen molar-refractivity contribution in [1.29, 1.82) is 0 Å². The molecular weight excluding hydrogens is 331 g/mol. The molecule has 2 aromatic rings. The first-order valence-corrected chi connectivity index (χ1v) is 8.81. The smallest absolute Gasteiger partial charge is 0.251 e. The maximum atomic E-state index is 13.7. The first-order valence-electron chi connectivity index (χ1n) is 8.81. The highest BCUT2D eigenvalue weighted by Crippen LogP contribution is 2.19. The average molecular weight is 358 g/mol. The quantitative estimate of drug-likeness (QED) is 0.679. The minimum Gasteiger partial charge on any atom is -0.387 e. The molecule has 1 unspecified atom stereocenters. The number of hydrogen-bond acceptors (Lipinski definition) is 3. The van der Waals surface area contributed by atoms with Gasteiger partial charge in [0, 0.05) is 30.3 Å². The summed E-state index contributed by atoms with van der Waals surface area (Å²) in [4.78, 5) is 11.6. The van der Waals surface area contributed by atoms with E-state index >= 15 is 0 Å². The molecule has 0 fully saturated rings. The van der Waals surface area contributed by atoms with Crippen LogP contribution in [0.5, 0.6) is 0 Å². The fourth-order valence-corrected chi connectivity index (χ4v) is 2.74. The van der Waals surface area contributed by atoms with Crippen molar-refractivity contribution < 1.29 is 14.3 Å². The van der Waals surface area contributed by atoms with E-state index in [-0.39, 0.29) is 18.0 Å². The van der Waals surface area contributed by atoms with Gasteiger partial charge in [0.25, 0.3) is 5.91 Å². The lowest BCUT2D eigenvalue weighted by atomic mass is 9.94. The van der Waals surface area contributed by atoms with Crippen molar-refractivity contribution in [2.45, 2.75) is 38.3 Å². The molecule has 3 N–H and O–H groups in total. The number of aliphatic hydroxyl groups excluding tert-OH is 1. The number of amides is 1. The van der Waals surface area contributed by atoms with Gasteiger partial charge in [0.2, 0.25) is 0 Å². The van der Waals surface area contributed by atoms with Crippen molar-refractivity contribution in [3.05, 3.63) is 71.0 Å². The summed E-state index contributed by atoms with van der Waals surface area (Å²) < 4.78 is 13.7. The number of carbonyl (C=O) groups is 1. The van der Waals surface area contributed by atoms with E-state index in [0.717, 1.165) is 18.4 Å². The first kappa shape index (κ1) is 20.1. The summed E-state index contributed by atoms with van der Waals surface area (Å²) >= 11 is 0. The highest BCUT2D eigenvalue weighted by Gasteiger charge is 2.20. The molecule has 0 aliphatic heterocycles. The molecule has 0 aliphatic rings. The fraction of sp³-hybridized carbons (Fsp3) is 0.381. The van der Waals surface area contributed by atoms with Crippen LogP contribution in [0.4, 0.5) is 4.39 Å². The molecule has 2 aromatic carbocycles. The summed E-state index contributed by atoms with van der Waals surface area (Å²) in [5.74, 6) is -0.489. The number of hydrogen-bond donors (Lipinski definition) is 3. The van der Waals surface area contributed by atoms with Crippen molar-refractivity contribution in [2.75, 3.05) is 13.6 Å². The van der Waals surface area contributed by atoms with Gasteiger partial charge in [-0.25, -0.2) is 4.39 Å². The Hall–Kier alpha value is -2.24. The molecule has 140 valence electrons. The second-order valence-electron chi connectivity index (χ2n) is 7.08. The monoisotopic (exact) mass is 358 g/mol. The molecular formula is C21H27FN2O2. The van der Waals surface area contributed by atoms with Gasteiger partial charge >= 0.3 is 0 Å². The van der Waals surface area contributed by atoms with Crippen LogP contribution in [0.3, 0.4) is 0 Å². The number of aliphatic hydroxyl groups is 1. The summed E-state index contributed by atoms with van der Waals surface area (Å²) in [6.07, 6.45) is 0.794. The molecule has 0 heterocycles. The molecule has 26 heavy (non-hydrogen) atoms. The molecule has 0 aromatic heterocycles. The minimum atomic E-state index is -0.887. The Morgan fingerprint density at radius 3 is 2.42 bits per heavy atom.